The Morgan fingerprint density at radius 3 is 2.50 bits per heavy atom. The molecule has 0 N–H and O–H groups in total. The Balaban J connectivity index is 2.05. The summed E-state index contributed by atoms with van der Waals surface area (Å²) in [4.78, 5) is 15.3. The zero-order valence-electron chi connectivity index (χ0n) is 10.8. The van der Waals surface area contributed by atoms with Crippen molar-refractivity contribution in [1.82, 2.24) is 9.80 Å². The number of hydrogen-bond donors (Lipinski definition) is 0. The van der Waals surface area contributed by atoms with Crippen LogP contribution in [0.4, 0.5) is 0 Å². The standard InChI is InChI=1S/C13H11BrN2O3S/c1-15-9(12(17)16(2)13(15)20)3-7-4-10-11(5-8(7)14)19-6-18-10/h3-5H,6H2,1-2H3/b9-3-. The number of ether oxygens (including phenoxy) is 2. The Hall–Kier alpha value is -1.60. The third-order valence-corrected chi connectivity index (χ3v) is 4.48. The number of benzene rings is 1. The van der Waals surface area contributed by atoms with E-state index in [-0.39, 0.29) is 12.7 Å². The average molecular weight is 355 g/mol. The quantitative estimate of drug-likeness (QED) is 0.571. The molecule has 0 radical (unpaired) electrons. The smallest absolute Gasteiger partial charge is 0.276 e. The zero-order chi connectivity index (χ0) is 14.4. The van der Waals surface area contributed by atoms with Gasteiger partial charge >= 0.3 is 0 Å². The lowest BCUT2D eigenvalue weighted by molar-refractivity contribution is -0.121. The predicted octanol–water partition coefficient (Wildman–Crippen LogP) is 2.21. The van der Waals surface area contributed by atoms with Gasteiger partial charge in [-0.2, -0.15) is 0 Å². The Morgan fingerprint density at radius 1 is 1.25 bits per heavy atom. The number of carbonyl (C=O) groups excluding carboxylic acids is 1. The molecule has 0 bridgehead atoms. The number of thiocarbonyl (C=S) groups is 1. The number of nitrogens with zero attached hydrogens (tertiary/aromatic N) is 2. The van der Waals surface area contributed by atoms with Gasteiger partial charge < -0.3 is 14.4 Å². The fourth-order valence-corrected chi connectivity index (χ4v) is 2.70. The highest BCUT2D eigenvalue weighted by Crippen LogP contribution is 2.38. The van der Waals surface area contributed by atoms with Gasteiger partial charge in [-0.25, -0.2) is 0 Å². The van der Waals surface area contributed by atoms with Crippen LogP contribution in [0, 0.1) is 0 Å². The van der Waals surface area contributed by atoms with Gasteiger partial charge in [0.25, 0.3) is 5.91 Å². The Labute approximate surface area is 129 Å². The van der Waals surface area contributed by atoms with E-state index in [4.69, 9.17) is 21.7 Å². The summed E-state index contributed by atoms with van der Waals surface area (Å²) in [5.41, 5.74) is 1.36. The molecule has 5 nitrogen and oxygen atoms in total. The maximum absolute atomic E-state index is 12.1. The fraction of sp³-hybridized carbons (Fsp3) is 0.231. The highest BCUT2D eigenvalue weighted by Gasteiger charge is 2.33. The second-order valence-corrected chi connectivity index (χ2v) is 5.68. The van der Waals surface area contributed by atoms with Gasteiger partial charge in [0.1, 0.15) is 5.70 Å². The van der Waals surface area contributed by atoms with Crippen LogP contribution in [0.3, 0.4) is 0 Å². The maximum atomic E-state index is 12.1. The molecule has 1 fully saturated rings. The minimum atomic E-state index is -0.123. The topological polar surface area (TPSA) is 42.0 Å². The first-order chi connectivity index (χ1) is 9.49. The van der Waals surface area contributed by atoms with Gasteiger partial charge in [0.15, 0.2) is 16.6 Å². The molecule has 104 valence electrons. The van der Waals surface area contributed by atoms with E-state index in [9.17, 15) is 4.79 Å². The Morgan fingerprint density at radius 2 is 1.90 bits per heavy atom. The molecule has 0 spiro atoms. The molecule has 3 rings (SSSR count). The largest absolute Gasteiger partial charge is 0.454 e. The number of rotatable bonds is 1. The summed E-state index contributed by atoms with van der Waals surface area (Å²) in [5.74, 6) is 1.24. The third-order valence-electron chi connectivity index (χ3n) is 3.24. The summed E-state index contributed by atoms with van der Waals surface area (Å²) in [6.07, 6.45) is 1.78. The number of fused-ring (bicyclic) bond motifs is 1. The fourth-order valence-electron chi connectivity index (χ4n) is 2.08. The minimum Gasteiger partial charge on any atom is -0.454 e. The van der Waals surface area contributed by atoms with E-state index in [0.29, 0.717) is 22.3 Å². The summed E-state index contributed by atoms with van der Waals surface area (Å²) < 4.78 is 11.5. The predicted molar refractivity (Wildman–Crippen MR) is 81.4 cm³/mol. The van der Waals surface area contributed by atoms with Gasteiger partial charge in [-0.05, 0) is 36.0 Å². The van der Waals surface area contributed by atoms with Crippen molar-refractivity contribution in [3.8, 4) is 11.5 Å². The van der Waals surface area contributed by atoms with Crippen molar-refractivity contribution in [3.05, 3.63) is 27.9 Å². The molecule has 1 saturated heterocycles. The van der Waals surface area contributed by atoms with Crippen molar-refractivity contribution in [1.29, 1.82) is 0 Å². The van der Waals surface area contributed by atoms with E-state index in [1.807, 2.05) is 12.1 Å². The molecule has 1 amide bonds. The molecule has 0 unspecified atom stereocenters. The van der Waals surface area contributed by atoms with Crippen molar-refractivity contribution in [3.63, 3.8) is 0 Å². The van der Waals surface area contributed by atoms with Crippen LogP contribution in [0.5, 0.6) is 11.5 Å². The highest BCUT2D eigenvalue weighted by atomic mass is 79.9. The van der Waals surface area contributed by atoms with Gasteiger partial charge in [-0.3, -0.25) is 9.69 Å². The lowest BCUT2D eigenvalue weighted by Gasteiger charge is -2.11. The number of hydrogen-bond acceptors (Lipinski definition) is 4. The lowest BCUT2D eigenvalue weighted by Crippen LogP contribution is -2.26. The molecular weight excluding hydrogens is 344 g/mol. The minimum absolute atomic E-state index is 0.123. The molecule has 2 aliphatic heterocycles. The second-order valence-electron chi connectivity index (χ2n) is 4.46. The molecule has 1 aromatic rings. The van der Waals surface area contributed by atoms with E-state index in [2.05, 4.69) is 15.9 Å². The van der Waals surface area contributed by atoms with E-state index >= 15 is 0 Å². The normalized spacial score (nSPS) is 19.4. The molecule has 1 aromatic carbocycles. The van der Waals surface area contributed by atoms with E-state index in [0.717, 1.165) is 10.0 Å². The van der Waals surface area contributed by atoms with Gasteiger partial charge in [0, 0.05) is 18.6 Å². The van der Waals surface area contributed by atoms with Crippen LogP contribution < -0.4 is 9.47 Å². The molecule has 0 aliphatic carbocycles. The molecule has 7 heteroatoms. The molecule has 0 atom stereocenters. The van der Waals surface area contributed by atoms with Crippen LogP contribution in [0.1, 0.15) is 5.56 Å². The molecule has 0 saturated carbocycles. The summed E-state index contributed by atoms with van der Waals surface area (Å²) >= 11 is 8.65. The number of carbonyl (C=O) groups is 1. The second kappa shape index (κ2) is 4.75. The van der Waals surface area contributed by atoms with Gasteiger partial charge in [-0.1, -0.05) is 15.9 Å². The van der Waals surface area contributed by atoms with Gasteiger partial charge in [0.2, 0.25) is 6.79 Å². The van der Waals surface area contributed by atoms with Crippen LogP contribution in [0.15, 0.2) is 22.3 Å². The van der Waals surface area contributed by atoms with Gasteiger partial charge in [-0.15, -0.1) is 0 Å². The van der Waals surface area contributed by atoms with E-state index in [1.54, 1.807) is 25.1 Å². The Kier molecular flexibility index (Phi) is 3.18. The summed E-state index contributed by atoms with van der Waals surface area (Å²) in [7, 11) is 3.44. The molecule has 20 heavy (non-hydrogen) atoms. The summed E-state index contributed by atoms with van der Waals surface area (Å²) in [5, 5.41) is 0.484. The van der Waals surface area contributed by atoms with E-state index < -0.39 is 0 Å². The van der Waals surface area contributed by atoms with Crippen LogP contribution in [-0.4, -0.2) is 41.7 Å². The monoisotopic (exact) mass is 354 g/mol. The number of amides is 1. The third kappa shape index (κ3) is 1.97. The molecule has 0 aromatic heterocycles. The average Bonchev–Trinajstić information content (AvgIpc) is 2.94. The highest BCUT2D eigenvalue weighted by molar-refractivity contribution is 9.10. The van der Waals surface area contributed by atoms with Crippen molar-refractivity contribution >= 4 is 45.2 Å². The number of likely N-dealkylation sites (N-methyl/N-ethyl adjacent to an activating group) is 2. The van der Waals surface area contributed by atoms with Gasteiger partial charge in [0.05, 0.1) is 0 Å². The Bertz CT molecular complexity index is 659. The van der Waals surface area contributed by atoms with Crippen LogP contribution in [-0.2, 0) is 4.79 Å². The van der Waals surface area contributed by atoms with Crippen molar-refractivity contribution in [2.75, 3.05) is 20.9 Å². The lowest BCUT2D eigenvalue weighted by atomic mass is 10.1. The van der Waals surface area contributed by atoms with Crippen molar-refractivity contribution < 1.29 is 14.3 Å². The van der Waals surface area contributed by atoms with Crippen LogP contribution in [0.2, 0.25) is 0 Å². The van der Waals surface area contributed by atoms with Crippen LogP contribution in [0.25, 0.3) is 6.08 Å². The molecule has 2 aliphatic rings. The first-order valence-corrected chi connectivity index (χ1v) is 7.05. The van der Waals surface area contributed by atoms with Crippen LogP contribution >= 0.6 is 28.1 Å². The van der Waals surface area contributed by atoms with Crippen molar-refractivity contribution in [2.45, 2.75) is 0 Å². The summed E-state index contributed by atoms with van der Waals surface area (Å²) in [6.45, 7) is 0.216. The zero-order valence-corrected chi connectivity index (χ0v) is 13.2. The number of halogens is 1. The van der Waals surface area contributed by atoms with Crippen molar-refractivity contribution in [2.24, 2.45) is 0 Å². The molecule has 2 heterocycles. The summed E-state index contributed by atoms with van der Waals surface area (Å²) in [6, 6.07) is 3.66. The molecular formula is C13H11BrN2O3S. The first-order valence-electron chi connectivity index (χ1n) is 5.85. The first kappa shape index (κ1) is 13.4. The maximum Gasteiger partial charge on any atom is 0.276 e. The SMILES string of the molecule is CN1C(=O)/C(=C/c2cc3c(cc2Br)OCO3)N(C)C1=S. The van der Waals surface area contributed by atoms with E-state index in [1.165, 1.54) is 4.90 Å².